The maximum absolute atomic E-state index is 12.6. The summed E-state index contributed by atoms with van der Waals surface area (Å²) in [5, 5.41) is 0. The number of H-pyrrole nitrogens is 1. The van der Waals surface area contributed by atoms with Crippen LogP contribution < -0.4 is 16.0 Å². The molecule has 0 saturated carbocycles. The number of nitrogens with zero attached hydrogens (tertiary/aromatic N) is 2. The van der Waals surface area contributed by atoms with Gasteiger partial charge in [0.2, 0.25) is 0 Å². The molecule has 3 aromatic rings. The van der Waals surface area contributed by atoms with Crippen LogP contribution in [0.3, 0.4) is 0 Å². The third-order valence-electron chi connectivity index (χ3n) is 5.80. The molecule has 1 aromatic heterocycles. The number of nitrogen functional groups attached to an aromatic ring is 1. The first kappa shape index (κ1) is 19.2. The van der Waals surface area contributed by atoms with Crippen LogP contribution in [0.15, 0.2) is 41.2 Å². The third kappa shape index (κ3) is 3.76. The van der Waals surface area contributed by atoms with Crippen molar-refractivity contribution in [1.29, 1.82) is 0 Å². The van der Waals surface area contributed by atoms with Crippen molar-refractivity contribution in [2.45, 2.75) is 33.4 Å². The Morgan fingerprint density at radius 2 is 1.90 bits per heavy atom. The van der Waals surface area contributed by atoms with Gasteiger partial charge in [-0.2, -0.15) is 0 Å². The van der Waals surface area contributed by atoms with Gasteiger partial charge in [0, 0.05) is 36.4 Å². The van der Waals surface area contributed by atoms with E-state index < -0.39 is 0 Å². The highest BCUT2D eigenvalue weighted by atomic mass is 16.5. The molecule has 6 heteroatoms. The SMILES string of the molecule is COc1ccc(CN2CCc3c(nc(-c4ccc(N)cc4)[nH]c3=O)C2)c(C)c1C. The number of rotatable bonds is 4. The summed E-state index contributed by atoms with van der Waals surface area (Å²) >= 11 is 0. The Bertz CT molecular complexity index is 1100. The molecule has 0 unspecified atom stereocenters. The standard InChI is InChI=1S/C23H26N4O2/c1-14-15(2)21(29-3)9-6-17(14)12-27-11-10-19-20(13-27)25-22(26-23(19)28)16-4-7-18(24)8-5-16/h4-9H,10-13,24H2,1-3H3,(H,25,26,28). The fourth-order valence-electron chi connectivity index (χ4n) is 3.89. The minimum absolute atomic E-state index is 0.0436. The number of ether oxygens (including phenoxy) is 1. The molecule has 2 heterocycles. The molecule has 6 nitrogen and oxygen atoms in total. The van der Waals surface area contributed by atoms with Gasteiger partial charge in [0.1, 0.15) is 11.6 Å². The predicted molar refractivity (Wildman–Crippen MR) is 115 cm³/mol. The van der Waals surface area contributed by atoms with Gasteiger partial charge in [0.15, 0.2) is 0 Å². The van der Waals surface area contributed by atoms with Crippen molar-refractivity contribution in [3.8, 4) is 17.1 Å². The first-order valence-corrected chi connectivity index (χ1v) is 9.79. The van der Waals surface area contributed by atoms with Crippen molar-refractivity contribution in [1.82, 2.24) is 14.9 Å². The van der Waals surface area contributed by atoms with Crippen LogP contribution in [0.25, 0.3) is 11.4 Å². The smallest absolute Gasteiger partial charge is 0.254 e. The number of benzene rings is 2. The van der Waals surface area contributed by atoms with E-state index >= 15 is 0 Å². The molecule has 0 aliphatic carbocycles. The van der Waals surface area contributed by atoms with Crippen LogP contribution in [0.4, 0.5) is 5.69 Å². The molecule has 1 aliphatic rings. The minimum atomic E-state index is -0.0436. The number of hydrogen-bond acceptors (Lipinski definition) is 5. The second-order valence-electron chi connectivity index (χ2n) is 7.60. The molecular weight excluding hydrogens is 364 g/mol. The summed E-state index contributed by atoms with van der Waals surface area (Å²) in [7, 11) is 1.70. The van der Waals surface area contributed by atoms with Gasteiger partial charge in [0.25, 0.3) is 5.56 Å². The zero-order valence-corrected chi connectivity index (χ0v) is 17.1. The molecule has 0 bridgehead atoms. The van der Waals surface area contributed by atoms with E-state index in [1.54, 1.807) is 7.11 Å². The van der Waals surface area contributed by atoms with E-state index in [1.165, 1.54) is 16.7 Å². The lowest BCUT2D eigenvalue weighted by atomic mass is 10.00. The van der Waals surface area contributed by atoms with E-state index in [2.05, 4.69) is 29.8 Å². The largest absolute Gasteiger partial charge is 0.496 e. The third-order valence-corrected chi connectivity index (χ3v) is 5.80. The number of aromatic nitrogens is 2. The van der Waals surface area contributed by atoms with Crippen LogP contribution in [0.2, 0.25) is 0 Å². The van der Waals surface area contributed by atoms with Gasteiger partial charge in [-0.05, 0) is 67.3 Å². The minimum Gasteiger partial charge on any atom is -0.496 e. The van der Waals surface area contributed by atoms with Gasteiger partial charge in [-0.3, -0.25) is 9.69 Å². The monoisotopic (exact) mass is 390 g/mol. The van der Waals surface area contributed by atoms with Crippen LogP contribution in [0.1, 0.15) is 27.9 Å². The Morgan fingerprint density at radius 3 is 2.62 bits per heavy atom. The highest BCUT2D eigenvalue weighted by molar-refractivity contribution is 5.58. The molecule has 29 heavy (non-hydrogen) atoms. The Hall–Kier alpha value is -3.12. The normalized spacial score (nSPS) is 13.9. The number of anilines is 1. The summed E-state index contributed by atoms with van der Waals surface area (Å²) < 4.78 is 5.42. The summed E-state index contributed by atoms with van der Waals surface area (Å²) in [6.07, 6.45) is 0.702. The first-order chi connectivity index (χ1) is 14.0. The van der Waals surface area contributed by atoms with Gasteiger partial charge in [-0.15, -0.1) is 0 Å². The van der Waals surface area contributed by atoms with E-state index in [0.717, 1.165) is 35.7 Å². The molecule has 2 aromatic carbocycles. The summed E-state index contributed by atoms with van der Waals surface area (Å²) in [6.45, 7) is 6.54. The second kappa shape index (κ2) is 7.72. The first-order valence-electron chi connectivity index (χ1n) is 9.79. The Labute approximate surface area is 170 Å². The Balaban J connectivity index is 1.60. The zero-order chi connectivity index (χ0) is 20.5. The van der Waals surface area contributed by atoms with Gasteiger partial charge < -0.3 is 15.5 Å². The van der Waals surface area contributed by atoms with Crippen LogP contribution in [0, 0.1) is 13.8 Å². The molecule has 0 atom stereocenters. The summed E-state index contributed by atoms with van der Waals surface area (Å²) in [5.41, 5.74) is 12.6. The van der Waals surface area contributed by atoms with Crippen molar-refractivity contribution in [3.05, 3.63) is 74.7 Å². The molecule has 0 fully saturated rings. The molecule has 150 valence electrons. The molecular formula is C23H26N4O2. The lowest BCUT2D eigenvalue weighted by Crippen LogP contribution is -2.35. The number of nitrogens with two attached hydrogens (primary N) is 1. The summed E-state index contributed by atoms with van der Waals surface area (Å²) in [6, 6.07) is 11.5. The molecule has 4 rings (SSSR count). The van der Waals surface area contributed by atoms with E-state index in [9.17, 15) is 4.79 Å². The van der Waals surface area contributed by atoms with Crippen molar-refractivity contribution >= 4 is 5.69 Å². The Morgan fingerprint density at radius 1 is 1.14 bits per heavy atom. The molecule has 1 aliphatic heterocycles. The average Bonchev–Trinajstić information content (AvgIpc) is 2.72. The molecule has 0 spiro atoms. The highest BCUT2D eigenvalue weighted by Crippen LogP contribution is 2.26. The fraction of sp³-hybridized carbons (Fsp3) is 0.304. The quantitative estimate of drug-likeness (QED) is 0.669. The average molecular weight is 390 g/mol. The molecule has 0 amide bonds. The second-order valence-corrected chi connectivity index (χ2v) is 7.60. The Kier molecular flexibility index (Phi) is 5.11. The van der Waals surface area contributed by atoms with Gasteiger partial charge in [-0.25, -0.2) is 4.98 Å². The number of methoxy groups -OCH3 is 1. The maximum Gasteiger partial charge on any atom is 0.254 e. The van der Waals surface area contributed by atoms with E-state index in [1.807, 2.05) is 30.3 Å². The van der Waals surface area contributed by atoms with E-state index in [4.69, 9.17) is 15.5 Å². The predicted octanol–water partition coefficient (Wildman–Crippen LogP) is 3.20. The van der Waals surface area contributed by atoms with Crippen LogP contribution >= 0.6 is 0 Å². The lowest BCUT2D eigenvalue weighted by Gasteiger charge is -2.28. The molecule has 3 N–H and O–H groups in total. The van der Waals surface area contributed by atoms with Crippen molar-refractivity contribution in [3.63, 3.8) is 0 Å². The lowest BCUT2D eigenvalue weighted by molar-refractivity contribution is 0.240. The van der Waals surface area contributed by atoms with E-state index in [0.29, 0.717) is 24.5 Å². The summed E-state index contributed by atoms with van der Waals surface area (Å²) in [4.78, 5) is 22.6. The molecule has 0 radical (unpaired) electrons. The van der Waals surface area contributed by atoms with Crippen molar-refractivity contribution < 1.29 is 4.74 Å². The highest BCUT2D eigenvalue weighted by Gasteiger charge is 2.22. The van der Waals surface area contributed by atoms with E-state index in [-0.39, 0.29) is 5.56 Å². The number of fused-ring (bicyclic) bond motifs is 1. The topological polar surface area (TPSA) is 84.2 Å². The van der Waals surface area contributed by atoms with Gasteiger partial charge >= 0.3 is 0 Å². The number of nitrogens with one attached hydrogen (secondary N) is 1. The summed E-state index contributed by atoms with van der Waals surface area (Å²) in [5.74, 6) is 1.50. The van der Waals surface area contributed by atoms with Gasteiger partial charge in [0.05, 0.1) is 12.8 Å². The number of hydrogen-bond donors (Lipinski definition) is 2. The fourth-order valence-corrected chi connectivity index (χ4v) is 3.89. The van der Waals surface area contributed by atoms with Crippen molar-refractivity contribution in [2.24, 2.45) is 0 Å². The van der Waals surface area contributed by atoms with Crippen molar-refractivity contribution in [2.75, 3.05) is 19.4 Å². The molecule has 0 saturated heterocycles. The van der Waals surface area contributed by atoms with Crippen LogP contribution in [-0.4, -0.2) is 28.5 Å². The number of aromatic amines is 1. The van der Waals surface area contributed by atoms with Gasteiger partial charge in [-0.1, -0.05) is 6.07 Å². The maximum atomic E-state index is 12.6. The van der Waals surface area contributed by atoms with Crippen LogP contribution in [-0.2, 0) is 19.5 Å². The zero-order valence-electron chi connectivity index (χ0n) is 17.1. The van der Waals surface area contributed by atoms with Crippen LogP contribution in [0.5, 0.6) is 5.75 Å².